The molecule has 1 aliphatic heterocycles. The number of halogens is 3. The summed E-state index contributed by atoms with van der Waals surface area (Å²) in [6.07, 6.45) is -2.71. The Labute approximate surface area is 221 Å². The number of pyridine rings is 1. The lowest BCUT2D eigenvalue weighted by Crippen LogP contribution is -2.52. The van der Waals surface area contributed by atoms with Crippen LogP contribution in [0.15, 0.2) is 35.1 Å². The van der Waals surface area contributed by atoms with Gasteiger partial charge in [0.2, 0.25) is 0 Å². The van der Waals surface area contributed by atoms with Gasteiger partial charge in [0.1, 0.15) is 22.1 Å². The lowest BCUT2D eigenvalue weighted by Gasteiger charge is -2.33. The van der Waals surface area contributed by atoms with Crippen molar-refractivity contribution in [3.05, 3.63) is 68.1 Å². The average Bonchev–Trinajstić information content (AvgIpc) is 3.79. The molecule has 2 aliphatic carbocycles. The molecule has 0 radical (unpaired) electrons. The van der Waals surface area contributed by atoms with E-state index in [9.17, 15) is 31.6 Å². The van der Waals surface area contributed by atoms with Crippen LogP contribution in [0.2, 0.25) is 5.02 Å². The number of alkyl halides is 2. The molecule has 1 aromatic heterocycles. The number of nitrogens with one attached hydrogen (secondary N) is 1. The third-order valence-electron chi connectivity index (χ3n) is 7.66. The van der Waals surface area contributed by atoms with Gasteiger partial charge in [0.15, 0.2) is 9.84 Å². The quantitative estimate of drug-likeness (QED) is 0.524. The molecule has 9 nitrogen and oxygen atoms in total. The van der Waals surface area contributed by atoms with Gasteiger partial charge in [-0.05, 0) is 55.5 Å². The van der Waals surface area contributed by atoms with Crippen molar-refractivity contribution in [2.75, 3.05) is 13.1 Å². The molecule has 0 spiro atoms. The zero-order chi connectivity index (χ0) is 27.5. The van der Waals surface area contributed by atoms with E-state index in [0.717, 1.165) is 0 Å². The molecule has 2 amide bonds. The highest BCUT2D eigenvalue weighted by Gasteiger charge is 2.71. The minimum Gasteiger partial charge on any atom is -0.348 e. The highest BCUT2D eigenvalue weighted by Crippen LogP contribution is 2.59. The molecular formula is C25H23ClF2N4O5S. The zero-order valence-electron chi connectivity index (χ0n) is 20.0. The normalized spacial score (nSPS) is 19.0. The maximum absolute atomic E-state index is 13.6. The van der Waals surface area contributed by atoms with Gasteiger partial charge in [0, 0.05) is 26.2 Å². The Kier molecular flexibility index (Phi) is 6.35. The molecule has 2 aromatic rings. The topological polar surface area (TPSA) is 129 Å². The second-order valence-electron chi connectivity index (χ2n) is 9.98. The Morgan fingerprint density at radius 2 is 1.84 bits per heavy atom. The Morgan fingerprint density at radius 1 is 1.13 bits per heavy atom. The molecule has 5 rings (SSSR count). The molecule has 1 N–H and O–H groups in total. The molecule has 3 aliphatic rings. The fraction of sp³-hybridized carbons (Fsp3) is 0.440. The molecule has 0 atom stereocenters. The lowest BCUT2D eigenvalue weighted by molar-refractivity contribution is 0.0694. The van der Waals surface area contributed by atoms with E-state index in [2.05, 4.69) is 5.32 Å². The molecule has 0 unspecified atom stereocenters. The largest absolute Gasteiger partial charge is 0.348 e. The number of nitriles is 1. The SMILES string of the molecule is N#Cc1ccc(CNC(=O)c2ccc3n(c2=O)CCN(CC2(S(=O)(=O)C4(C(F)F)CC4)CC2)C3=O)cc1Cl. The fourth-order valence-electron chi connectivity index (χ4n) is 4.99. The number of hydrogen-bond acceptors (Lipinski definition) is 6. The number of fused-ring (bicyclic) bond motifs is 1. The van der Waals surface area contributed by atoms with Crippen LogP contribution in [-0.4, -0.2) is 58.7 Å². The number of aromatic nitrogens is 1. The molecule has 13 heteroatoms. The van der Waals surface area contributed by atoms with Crippen molar-refractivity contribution in [3.63, 3.8) is 0 Å². The second-order valence-corrected chi connectivity index (χ2v) is 13.1. The van der Waals surface area contributed by atoms with E-state index in [1.54, 1.807) is 6.07 Å². The minimum atomic E-state index is -4.17. The molecule has 1 aromatic carbocycles. The summed E-state index contributed by atoms with van der Waals surface area (Å²) in [5, 5.41) is 11.8. The fourth-order valence-corrected chi connectivity index (χ4v) is 7.94. The molecule has 38 heavy (non-hydrogen) atoms. The number of benzene rings is 1. The Balaban J connectivity index is 1.30. The van der Waals surface area contributed by atoms with Crippen molar-refractivity contribution < 1.29 is 26.8 Å². The Morgan fingerprint density at radius 3 is 2.42 bits per heavy atom. The van der Waals surface area contributed by atoms with Gasteiger partial charge < -0.3 is 14.8 Å². The molecule has 2 fully saturated rings. The predicted molar refractivity (Wildman–Crippen MR) is 133 cm³/mol. The third-order valence-corrected chi connectivity index (χ3v) is 11.3. The summed E-state index contributed by atoms with van der Waals surface area (Å²) >= 11 is 6.01. The maximum atomic E-state index is 13.6. The number of sulfone groups is 1. The standard InChI is InChI=1S/C25H23ClF2N4O5S/c26-18-11-15(1-2-16(18)12-29)13-30-20(33)17-3-4-19-22(35)31(9-10-32(19)21(17)34)14-24(5-6-24)38(36,37)25(7-8-25)23(27)28/h1-4,11,23H,5-10,13-14H2,(H,30,33). The Bertz CT molecular complexity index is 1560. The number of carbonyl (C=O) groups is 2. The van der Waals surface area contributed by atoms with Crippen molar-refractivity contribution in [3.8, 4) is 6.07 Å². The van der Waals surface area contributed by atoms with Gasteiger partial charge in [0.05, 0.1) is 15.3 Å². The van der Waals surface area contributed by atoms with Crippen LogP contribution in [-0.2, 0) is 22.9 Å². The smallest absolute Gasteiger partial charge is 0.270 e. The van der Waals surface area contributed by atoms with E-state index < -0.39 is 43.1 Å². The number of hydrogen-bond donors (Lipinski definition) is 1. The van der Waals surface area contributed by atoms with Crippen LogP contribution in [0, 0.1) is 11.3 Å². The van der Waals surface area contributed by atoms with Crippen molar-refractivity contribution in [1.82, 2.24) is 14.8 Å². The molecular weight excluding hydrogens is 542 g/mol. The predicted octanol–water partition coefficient (Wildman–Crippen LogP) is 2.50. The first-order valence-electron chi connectivity index (χ1n) is 12.0. The summed E-state index contributed by atoms with van der Waals surface area (Å²) in [6.45, 7) is -0.108. The monoisotopic (exact) mass is 564 g/mol. The first kappa shape index (κ1) is 26.3. The molecule has 0 bridgehead atoms. The van der Waals surface area contributed by atoms with E-state index in [-0.39, 0.29) is 68.1 Å². The van der Waals surface area contributed by atoms with Crippen LogP contribution in [0.5, 0.6) is 0 Å². The molecule has 2 saturated carbocycles. The number of amides is 2. The summed E-state index contributed by atoms with van der Waals surface area (Å²) in [4.78, 5) is 40.2. The van der Waals surface area contributed by atoms with Gasteiger partial charge in [-0.15, -0.1) is 0 Å². The van der Waals surface area contributed by atoms with Crippen LogP contribution in [0.25, 0.3) is 0 Å². The van der Waals surface area contributed by atoms with Gasteiger partial charge in [-0.3, -0.25) is 14.4 Å². The highest BCUT2D eigenvalue weighted by molar-refractivity contribution is 7.94. The molecule has 0 saturated heterocycles. The number of rotatable bonds is 8. The molecule has 200 valence electrons. The molecule has 2 heterocycles. The van der Waals surface area contributed by atoms with E-state index in [1.165, 1.54) is 33.7 Å². The maximum Gasteiger partial charge on any atom is 0.270 e. The summed E-state index contributed by atoms with van der Waals surface area (Å²) in [6, 6.07) is 9.18. The number of nitrogens with zero attached hydrogens (tertiary/aromatic N) is 3. The second kappa shape index (κ2) is 9.17. The summed E-state index contributed by atoms with van der Waals surface area (Å²) in [7, 11) is -4.17. The zero-order valence-corrected chi connectivity index (χ0v) is 21.6. The van der Waals surface area contributed by atoms with Crippen LogP contribution < -0.4 is 10.9 Å². The number of carbonyl (C=O) groups excluding carboxylic acids is 2. The van der Waals surface area contributed by atoms with Gasteiger partial charge in [-0.1, -0.05) is 17.7 Å². The van der Waals surface area contributed by atoms with Crippen molar-refractivity contribution >= 4 is 33.3 Å². The van der Waals surface area contributed by atoms with Crippen molar-refractivity contribution in [2.24, 2.45) is 0 Å². The van der Waals surface area contributed by atoms with Gasteiger partial charge in [-0.25, -0.2) is 17.2 Å². The van der Waals surface area contributed by atoms with Crippen molar-refractivity contribution in [2.45, 2.75) is 54.7 Å². The summed E-state index contributed by atoms with van der Waals surface area (Å²) in [5.74, 6) is -1.25. The summed E-state index contributed by atoms with van der Waals surface area (Å²) in [5.41, 5.74) is 0.0624. The summed E-state index contributed by atoms with van der Waals surface area (Å²) < 4.78 is 51.2. The van der Waals surface area contributed by atoms with Crippen LogP contribution in [0.3, 0.4) is 0 Å². The van der Waals surface area contributed by atoms with E-state index in [4.69, 9.17) is 16.9 Å². The van der Waals surface area contributed by atoms with E-state index >= 15 is 0 Å². The highest BCUT2D eigenvalue weighted by atomic mass is 35.5. The Hall–Kier alpha value is -3.30. The van der Waals surface area contributed by atoms with Crippen molar-refractivity contribution in [1.29, 1.82) is 5.26 Å². The minimum absolute atomic E-state index is 0.000123. The lowest BCUT2D eigenvalue weighted by atomic mass is 10.1. The van der Waals surface area contributed by atoms with E-state index in [1.807, 2.05) is 6.07 Å². The van der Waals surface area contributed by atoms with Crippen LogP contribution in [0.4, 0.5) is 8.78 Å². The average molecular weight is 565 g/mol. The van der Waals surface area contributed by atoms with Crippen LogP contribution in [0.1, 0.15) is 57.7 Å². The first-order valence-corrected chi connectivity index (χ1v) is 13.8. The van der Waals surface area contributed by atoms with Gasteiger partial charge >= 0.3 is 0 Å². The third kappa shape index (κ3) is 4.08. The van der Waals surface area contributed by atoms with E-state index in [0.29, 0.717) is 11.1 Å². The van der Waals surface area contributed by atoms with Crippen LogP contribution >= 0.6 is 11.6 Å². The van der Waals surface area contributed by atoms with Gasteiger partial charge in [-0.2, -0.15) is 5.26 Å². The first-order chi connectivity index (χ1) is 18.0. The van der Waals surface area contributed by atoms with Gasteiger partial charge in [0.25, 0.3) is 23.8 Å².